The molecule has 4 unspecified atom stereocenters. The van der Waals surface area contributed by atoms with Gasteiger partial charge >= 0.3 is 12.1 Å². The number of aliphatic carboxylic acids is 1. The predicted molar refractivity (Wildman–Crippen MR) is 193 cm³/mol. The number of hydrogen-bond acceptors (Lipinski definition) is 7. The normalized spacial score (nSPS) is 25.7. The monoisotopic (exact) mass is 784 g/mol. The van der Waals surface area contributed by atoms with E-state index in [9.17, 15) is 41.0 Å². The highest BCUT2D eigenvalue weighted by Gasteiger charge is 2.56. The van der Waals surface area contributed by atoms with E-state index in [2.05, 4.69) is 20.3 Å². The minimum absolute atomic E-state index is 0.0387. The van der Waals surface area contributed by atoms with Crippen LogP contribution in [0.15, 0.2) is 48.9 Å². The number of nitrogens with zero attached hydrogens (tertiary/aromatic N) is 5. The van der Waals surface area contributed by atoms with E-state index in [4.69, 9.17) is 4.74 Å². The van der Waals surface area contributed by atoms with Crippen LogP contribution in [0.25, 0.3) is 22.3 Å². The topological polar surface area (TPSA) is 122 Å². The van der Waals surface area contributed by atoms with Crippen LogP contribution >= 0.6 is 0 Å². The third-order valence-corrected chi connectivity index (χ3v) is 12.3. The van der Waals surface area contributed by atoms with Gasteiger partial charge in [0.25, 0.3) is 5.91 Å². The maximum absolute atomic E-state index is 14.7. The van der Waals surface area contributed by atoms with Gasteiger partial charge in [-0.05, 0) is 74.5 Å². The molecule has 4 heterocycles. The Bertz CT molecular complexity index is 2140. The summed E-state index contributed by atoms with van der Waals surface area (Å²) in [7, 11) is 0. The first-order chi connectivity index (χ1) is 26.6. The average molecular weight is 785 g/mol. The van der Waals surface area contributed by atoms with Crippen molar-refractivity contribution in [1.29, 1.82) is 0 Å². The molecule has 298 valence electrons. The summed E-state index contributed by atoms with van der Waals surface area (Å²) in [5, 5.41) is 13.2. The Kier molecular flexibility index (Phi) is 9.67. The molecule has 16 heteroatoms. The summed E-state index contributed by atoms with van der Waals surface area (Å²) in [4.78, 5) is 40.6. The largest absolute Gasteiger partial charge is 0.490 e. The highest BCUT2D eigenvalue weighted by Crippen LogP contribution is 2.51. The standard InChI is InChI=1S/C40H42F6N6O4/c1-22-14-23-16-24(15-22)39(19-23,37(54)55)50-36(53)30-20-48-35(49-34(30)40(44,45)46)31-21-52(26-4-9-38(42,43)10-5-26)32-18-28(2-3-29(31)32)56-27-7-12-51(13-8-27)33-17-25(41)6-11-47-33/h2-3,6,11,17-18,20-24,26-27H,4-5,7-10,12-16,19H2,1H3,(H,50,53)(H,54,55). The molecule has 3 aliphatic carbocycles. The van der Waals surface area contributed by atoms with E-state index in [1.807, 2.05) is 11.8 Å². The van der Waals surface area contributed by atoms with Gasteiger partial charge in [-0.15, -0.1) is 0 Å². The summed E-state index contributed by atoms with van der Waals surface area (Å²) < 4.78 is 94.6. The molecule has 2 N–H and O–H groups in total. The third-order valence-electron chi connectivity index (χ3n) is 12.3. The number of alkyl halides is 5. The van der Waals surface area contributed by atoms with Gasteiger partial charge in [0.15, 0.2) is 11.5 Å². The minimum Gasteiger partial charge on any atom is -0.490 e. The van der Waals surface area contributed by atoms with Crippen LogP contribution in [0.5, 0.6) is 5.75 Å². The number of fused-ring (bicyclic) bond motifs is 3. The van der Waals surface area contributed by atoms with Crippen molar-refractivity contribution in [1.82, 2.24) is 24.8 Å². The van der Waals surface area contributed by atoms with Gasteiger partial charge in [-0.25, -0.2) is 32.9 Å². The molecule has 1 aromatic carbocycles. The van der Waals surface area contributed by atoms with E-state index in [0.29, 0.717) is 61.2 Å². The maximum atomic E-state index is 14.7. The number of halogens is 6. The SMILES string of the molecule is CC1CC2CC(C1)C(NC(=O)c1cnc(-c3cn(C4CCC(F)(F)CC4)c4cc(OC5CCN(c6cc(F)ccn6)CC5)ccc34)nc1C(F)(F)F)(C(=O)O)C2. The van der Waals surface area contributed by atoms with Crippen LogP contribution < -0.4 is 15.0 Å². The molecule has 3 saturated carbocycles. The number of anilines is 1. The van der Waals surface area contributed by atoms with E-state index in [-0.39, 0.29) is 67.2 Å². The Morgan fingerprint density at radius 3 is 2.45 bits per heavy atom. The van der Waals surface area contributed by atoms with E-state index >= 15 is 0 Å². The van der Waals surface area contributed by atoms with Crippen LogP contribution in [0, 0.1) is 23.6 Å². The number of amides is 1. The lowest BCUT2D eigenvalue weighted by atomic mass is 9.78. The van der Waals surface area contributed by atoms with Crippen molar-refractivity contribution < 1.29 is 45.8 Å². The van der Waals surface area contributed by atoms with Crippen molar-refractivity contribution in [2.24, 2.45) is 17.8 Å². The number of pyridine rings is 1. The number of hydrogen-bond donors (Lipinski definition) is 2. The Morgan fingerprint density at radius 2 is 1.75 bits per heavy atom. The number of carbonyl (C=O) groups excluding carboxylic acids is 1. The predicted octanol–water partition coefficient (Wildman–Crippen LogP) is 8.46. The number of aromatic nitrogens is 4. The Hall–Kier alpha value is -4.89. The second-order valence-electron chi connectivity index (χ2n) is 16.1. The quantitative estimate of drug-likeness (QED) is 0.171. The highest BCUT2D eigenvalue weighted by atomic mass is 19.4. The Morgan fingerprint density at radius 1 is 1.00 bits per heavy atom. The molecule has 0 radical (unpaired) electrons. The smallest absolute Gasteiger partial charge is 0.434 e. The fraction of sp³-hybridized carbons (Fsp3) is 0.525. The molecule has 1 aliphatic heterocycles. The fourth-order valence-corrected chi connectivity index (χ4v) is 9.62. The number of carboxylic acids is 1. The van der Waals surface area contributed by atoms with Gasteiger partial charge in [-0.1, -0.05) is 6.92 Å². The van der Waals surface area contributed by atoms with Crippen molar-refractivity contribution in [3.63, 3.8) is 0 Å². The van der Waals surface area contributed by atoms with Gasteiger partial charge in [0.1, 0.15) is 29.0 Å². The summed E-state index contributed by atoms with van der Waals surface area (Å²) in [6, 6.07) is 7.36. The molecule has 10 nitrogen and oxygen atoms in total. The first-order valence-corrected chi connectivity index (χ1v) is 19.1. The fourth-order valence-electron chi connectivity index (χ4n) is 9.62. The van der Waals surface area contributed by atoms with Gasteiger partial charge < -0.3 is 24.6 Å². The first kappa shape index (κ1) is 38.0. The van der Waals surface area contributed by atoms with Gasteiger partial charge in [0.2, 0.25) is 5.92 Å². The van der Waals surface area contributed by atoms with Gasteiger partial charge in [0.05, 0.1) is 11.1 Å². The Labute approximate surface area is 318 Å². The second kappa shape index (κ2) is 14.2. The molecule has 4 fully saturated rings. The van der Waals surface area contributed by atoms with Gasteiger partial charge in [-0.3, -0.25) is 4.79 Å². The van der Waals surface area contributed by atoms with Crippen molar-refractivity contribution in [3.05, 3.63) is 66.0 Å². The summed E-state index contributed by atoms with van der Waals surface area (Å²) in [6.45, 7) is 3.15. The van der Waals surface area contributed by atoms with E-state index in [1.54, 1.807) is 29.0 Å². The van der Waals surface area contributed by atoms with E-state index in [1.165, 1.54) is 18.3 Å². The first-order valence-electron chi connectivity index (χ1n) is 19.1. The average Bonchev–Trinajstić information content (AvgIpc) is 3.65. The minimum atomic E-state index is -5.10. The highest BCUT2D eigenvalue weighted by molar-refractivity contribution is 6.00. The molecular weight excluding hydrogens is 742 g/mol. The van der Waals surface area contributed by atoms with Crippen molar-refractivity contribution in [3.8, 4) is 17.1 Å². The molecule has 56 heavy (non-hydrogen) atoms. The zero-order valence-corrected chi connectivity index (χ0v) is 30.7. The third kappa shape index (κ3) is 7.26. The lowest BCUT2D eigenvalue weighted by molar-refractivity contribution is -0.146. The molecule has 4 aromatic rings. The van der Waals surface area contributed by atoms with Gasteiger partial charge in [-0.2, -0.15) is 13.2 Å². The zero-order valence-electron chi connectivity index (χ0n) is 30.7. The number of nitrogens with one attached hydrogen (secondary N) is 1. The lowest BCUT2D eigenvalue weighted by Crippen LogP contribution is -2.57. The summed E-state index contributed by atoms with van der Waals surface area (Å²) in [6.07, 6.45) is 1.29. The number of carboxylic acid groups (broad SMARTS) is 1. The van der Waals surface area contributed by atoms with Crippen molar-refractivity contribution in [2.75, 3.05) is 18.0 Å². The van der Waals surface area contributed by atoms with Gasteiger partial charge in [0, 0.05) is 86.5 Å². The van der Waals surface area contributed by atoms with E-state index < -0.39 is 52.7 Å². The molecule has 1 saturated heterocycles. The molecule has 4 atom stereocenters. The molecule has 0 spiro atoms. The van der Waals surface area contributed by atoms with Crippen LogP contribution in [-0.2, 0) is 11.0 Å². The maximum Gasteiger partial charge on any atom is 0.434 e. The van der Waals surface area contributed by atoms with Crippen LogP contribution in [0.3, 0.4) is 0 Å². The molecule has 2 bridgehead atoms. The number of carbonyl (C=O) groups is 2. The van der Waals surface area contributed by atoms with Crippen LogP contribution in [-0.4, -0.2) is 67.2 Å². The molecule has 8 rings (SSSR count). The molecular formula is C40H42F6N6O4. The second-order valence-corrected chi connectivity index (χ2v) is 16.1. The van der Waals surface area contributed by atoms with Crippen molar-refractivity contribution >= 4 is 28.6 Å². The zero-order chi connectivity index (χ0) is 39.6. The lowest BCUT2D eigenvalue weighted by Gasteiger charge is -2.33. The number of piperidine rings is 1. The van der Waals surface area contributed by atoms with Crippen LogP contribution in [0.4, 0.5) is 32.2 Å². The number of ether oxygens (including phenoxy) is 1. The van der Waals surface area contributed by atoms with E-state index in [0.717, 1.165) is 12.6 Å². The van der Waals surface area contributed by atoms with Crippen LogP contribution in [0.2, 0.25) is 0 Å². The van der Waals surface area contributed by atoms with Crippen LogP contribution in [0.1, 0.15) is 93.2 Å². The molecule has 3 aromatic heterocycles. The summed E-state index contributed by atoms with van der Waals surface area (Å²) >= 11 is 0. The summed E-state index contributed by atoms with van der Waals surface area (Å²) in [5.74, 6) is -5.15. The number of rotatable bonds is 8. The molecule has 1 amide bonds. The number of benzene rings is 1. The summed E-state index contributed by atoms with van der Waals surface area (Å²) in [5.41, 5.74) is -3.35. The Balaban J connectivity index is 1.10. The van der Waals surface area contributed by atoms with Crippen molar-refractivity contribution in [2.45, 2.75) is 101 Å². The molecule has 4 aliphatic rings.